The summed E-state index contributed by atoms with van der Waals surface area (Å²) in [5.74, 6) is 0.290. The number of aromatic nitrogens is 1. The quantitative estimate of drug-likeness (QED) is 0.419. The molecule has 0 saturated heterocycles. The molecule has 1 heterocycles. The number of carbonyl (C=O) groups is 1. The van der Waals surface area contributed by atoms with E-state index in [2.05, 4.69) is 41.9 Å². The Hall–Kier alpha value is -3.78. The molecule has 3 aromatic rings. The predicted molar refractivity (Wildman–Crippen MR) is 125 cm³/mol. The lowest BCUT2D eigenvalue weighted by Crippen LogP contribution is -2.13. The largest absolute Gasteiger partial charge is 0.494 e. The van der Waals surface area contributed by atoms with Crippen molar-refractivity contribution in [2.75, 3.05) is 11.9 Å². The number of aryl methyl sites for hydroxylation is 3. The highest BCUT2D eigenvalue weighted by Gasteiger charge is 2.14. The molecule has 0 radical (unpaired) electrons. The van der Waals surface area contributed by atoms with Crippen molar-refractivity contribution in [3.05, 3.63) is 82.2 Å². The Balaban J connectivity index is 1.87. The smallest absolute Gasteiger partial charge is 0.266 e. The first kappa shape index (κ1) is 21.9. The first-order chi connectivity index (χ1) is 14.8. The minimum atomic E-state index is -0.442. The van der Waals surface area contributed by atoms with E-state index >= 15 is 0 Å². The average molecular weight is 414 g/mol. The molecule has 2 aromatic carbocycles. The number of benzene rings is 2. The van der Waals surface area contributed by atoms with Gasteiger partial charge in [0.05, 0.1) is 6.61 Å². The van der Waals surface area contributed by atoms with Crippen LogP contribution in [-0.2, 0) is 4.79 Å². The molecule has 0 atom stereocenters. The van der Waals surface area contributed by atoms with Crippen molar-refractivity contribution < 1.29 is 9.53 Å². The third-order valence-electron chi connectivity index (χ3n) is 5.31. The molecule has 0 aliphatic rings. The van der Waals surface area contributed by atoms with Crippen LogP contribution < -0.4 is 10.1 Å². The molecule has 3 rings (SSSR count). The molecular weight excluding hydrogens is 386 g/mol. The van der Waals surface area contributed by atoms with Crippen LogP contribution >= 0.6 is 0 Å². The maximum absolute atomic E-state index is 12.7. The van der Waals surface area contributed by atoms with E-state index in [-0.39, 0.29) is 5.57 Å². The van der Waals surface area contributed by atoms with E-state index in [1.807, 2.05) is 32.9 Å². The standard InChI is InChI=1S/C26H27N3O2/c1-6-31-25-11-8-23(9-12-25)28-26(30)22(16-27)15-21-14-19(4)29(20(21)5)24-10-7-17(2)18(3)13-24/h7-15H,6H2,1-5H3,(H,28,30)/b22-15-. The fraction of sp³-hybridized carbons (Fsp3) is 0.231. The Kier molecular flexibility index (Phi) is 6.61. The highest BCUT2D eigenvalue weighted by molar-refractivity contribution is 6.09. The number of amides is 1. The van der Waals surface area contributed by atoms with Crippen molar-refractivity contribution in [3.63, 3.8) is 0 Å². The number of carbonyl (C=O) groups excluding carboxylic acids is 1. The molecule has 0 saturated carbocycles. The fourth-order valence-electron chi connectivity index (χ4n) is 3.50. The number of rotatable bonds is 6. The van der Waals surface area contributed by atoms with Gasteiger partial charge in [0.25, 0.3) is 5.91 Å². The molecule has 1 N–H and O–H groups in total. The van der Waals surface area contributed by atoms with Crippen LogP contribution in [-0.4, -0.2) is 17.1 Å². The summed E-state index contributed by atoms with van der Waals surface area (Å²) in [7, 11) is 0. The molecule has 1 amide bonds. The number of hydrogen-bond donors (Lipinski definition) is 1. The van der Waals surface area contributed by atoms with Crippen molar-refractivity contribution in [1.29, 1.82) is 5.26 Å². The lowest BCUT2D eigenvalue weighted by molar-refractivity contribution is -0.112. The second-order valence-electron chi connectivity index (χ2n) is 7.51. The van der Waals surface area contributed by atoms with Crippen LogP contribution in [0.2, 0.25) is 0 Å². The summed E-state index contributed by atoms with van der Waals surface area (Å²) in [6.07, 6.45) is 1.64. The Morgan fingerprint density at radius 1 is 1.06 bits per heavy atom. The number of nitriles is 1. The number of nitrogens with one attached hydrogen (secondary N) is 1. The van der Waals surface area contributed by atoms with Gasteiger partial charge in [-0.1, -0.05) is 6.07 Å². The monoisotopic (exact) mass is 413 g/mol. The first-order valence-corrected chi connectivity index (χ1v) is 10.3. The van der Waals surface area contributed by atoms with Gasteiger partial charge < -0.3 is 14.6 Å². The minimum absolute atomic E-state index is 0.0502. The normalized spacial score (nSPS) is 11.2. The maximum atomic E-state index is 12.7. The van der Waals surface area contributed by atoms with E-state index < -0.39 is 5.91 Å². The van der Waals surface area contributed by atoms with E-state index in [1.165, 1.54) is 11.1 Å². The van der Waals surface area contributed by atoms with Gasteiger partial charge in [-0.2, -0.15) is 5.26 Å². The summed E-state index contributed by atoms with van der Waals surface area (Å²) in [4.78, 5) is 12.7. The maximum Gasteiger partial charge on any atom is 0.266 e. The van der Waals surface area contributed by atoms with Crippen LogP contribution in [0.25, 0.3) is 11.8 Å². The van der Waals surface area contributed by atoms with Gasteiger partial charge in [0.15, 0.2) is 0 Å². The first-order valence-electron chi connectivity index (χ1n) is 10.3. The molecule has 158 valence electrons. The van der Waals surface area contributed by atoms with Crippen molar-refractivity contribution in [1.82, 2.24) is 4.57 Å². The van der Waals surface area contributed by atoms with Crippen LogP contribution in [0.1, 0.15) is 35.0 Å². The minimum Gasteiger partial charge on any atom is -0.494 e. The second kappa shape index (κ2) is 9.36. The molecule has 0 aliphatic heterocycles. The van der Waals surface area contributed by atoms with E-state index in [1.54, 1.807) is 30.3 Å². The van der Waals surface area contributed by atoms with Gasteiger partial charge in [0.2, 0.25) is 0 Å². The summed E-state index contributed by atoms with van der Waals surface area (Å²) in [5.41, 5.74) is 7.03. The van der Waals surface area contributed by atoms with Crippen LogP contribution in [0, 0.1) is 39.0 Å². The summed E-state index contributed by atoms with van der Waals surface area (Å²) < 4.78 is 7.55. The SMILES string of the molecule is CCOc1ccc(NC(=O)/C(C#N)=C\c2cc(C)n(-c3ccc(C)c(C)c3)c2C)cc1. The van der Waals surface area contributed by atoms with E-state index in [4.69, 9.17) is 4.74 Å². The molecule has 0 bridgehead atoms. The summed E-state index contributed by atoms with van der Waals surface area (Å²) in [6.45, 7) is 10.7. The van der Waals surface area contributed by atoms with Crippen LogP contribution in [0.5, 0.6) is 5.75 Å². The van der Waals surface area contributed by atoms with Gasteiger partial charge >= 0.3 is 0 Å². The zero-order valence-electron chi connectivity index (χ0n) is 18.6. The summed E-state index contributed by atoms with van der Waals surface area (Å²) >= 11 is 0. The summed E-state index contributed by atoms with van der Waals surface area (Å²) in [5, 5.41) is 12.4. The van der Waals surface area contributed by atoms with Gasteiger partial charge in [-0.25, -0.2) is 0 Å². The van der Waals surface area contributed by atoms with Gasteiger partial charge in [-0.3, -0.25) is 4.79 Å². The summed E-state index contributed by atoms with van der Waals surface area (Å²) in [6, 6.07) is 17.4. The lowest BCUT2D eigenvalue weighted by atomic mass is 10.1. The fourth-order valence-corrected chi connectivity index (χ4v) is 3.50. The van der Waals surface area contributed by atoms with E-state index in [9.17, 15) is 10.1 Å². The number of ether oxygens (including phenoxy) is 1. The molecule has 1 aromatic heterocycles. The molecule has 0 fully saturated rings. The van der Waals surface area contributed by atoms with Crippen molar-refractivity contribution in [2.24, 2.45) is 0 Å². The highest BCUT2D eigenvalue weighted by Crippen LogP contribution is 2.25. The zero-order valence-corrected chi connectivity index (χ0v) is 18.6. The number of anilines is 1. The van der Waals surface area contributed by atoms with E-state index in [0.717, 1.165) is 28.4 Å². The zero-order chi connectivity index (χ0) is 22.5. The average Bonchev–Trinajstić information content (AvgIpc) is 3.02. The molecular formula is C26H27N3O2. The van der Waals surface area contributed by atoms with Gasteiger partial charge in [0.1, 0.15) is 17.4 Å². The molecule has 5 nitrogen and oxygen atoms in total. The van der Waals surface area contributed by atoms with Crippen LogP contribution in [0.3, 0.4) is 0 Å². The predicted octanol–water partition coefficient (Wildman–Crippen LogP) is 5.66. The topological polar surface area (TPSA) is 67.0 Å². The third kappa shape index (κ3) is 4.87. The second-order valence-corrected chi connectivity index (χ2v) is 7.51. The lowest BCUT2D eigenvalue weighted by Gasteiger charge is -2.12. The molecule has 5 heteroatoms. The Labute approximate surface area is 183 Å². The molecule has 0 unspecified atom stereocenters. The van der Waals surface area contributed by atoms with Crippen LogP contribution in [0.15, 0.2) is 54.1 Å². The van der Waals surface area contributed by atoms with Gasteiger partial charge in [0, 0.05) is 22.8 Å². The van der Waals surface area contributed by atoms with Crippen LogP contribution in [0.4, 0.5) is 5.69 Å². The number of hydrogen-bond acceptors (Lipinski definition) is 3. The third-order valence-corrected chi connectivity index (χ3v) is 5.31. The van der Waals surface area contributed by atoms with Gasteiger partial charge in [-0.05, 0) is 99.8 Å². The Morgan fingerprint density at radius 3 is 2.39 bits per heavy atom. The van der Waals surface area contributed by atoms with Gasteiger partial charge in [-0.15, -0.1) is 0 Å². The molecule has 0 spiro atoms. The van der Waals surface area contributed by atoms with Crippen molar-refractivity contribution >= 4 is 17.7 Å². The Bertz CT molecular complexity index is 1180. The van der Waals surface area contributed by atoms with E-state index in [0.29, 0.717) is 12.3 Å². The van der Waals surface area contributed by atoms with Crippen molar-refractivity contribution in [3.8, 4) is 17.5 Å². The van der Waals surface area contributed by atoms with Crippen molar-refractivity contribution in [2.45, 2.75) is 34.6 Å². The molecule has 0 aliphatic carbocycles. The highest BCUT2D eigenvalue weighted by atomic mass is 16.5. The number of nitrogens with zero attached hydrogens (tertiary/aromatic N) is 2. The molecule has 31 heavy (non-hydrogen) atoms. The Morgan fingerprint density at radius 2 is 1.77 bits per heavy atom.